The van der Waals surface area contributed by atoms with E-state index >= 15 is 0 Å². The molecule has 45 heavy (non-hydrogen) atoms. The molecule has 264 valence electrons. The van der Waals surface area contributed by atoms with Crippen LogP contribution in [0.15, 0.2) is 0 Å². The van der Waals surface area contributed by atoms with Gasteiger partial charge < -0.3 is 98.5 Å². The Balaban J connectivity index is 1.82. The van der Waals surface area contributed by atoms with E-state index in [0.717, 1.165) is 0 Å². The average Bonchev–Trinajstić information content (AvgIpc) is 3.01. The summed E-state index contributed by atoms with van der Waals surface area (Å²) in [5.74, 6) is -0.859. The van der Waals surface area contributed by atoms with Crippen LogP contribution in [-0.2, 0) is 23.7 Å². The summed E-state index contributed by atoms with van der Waals surface area (Å²) in [5, 5.41) is 98.1. The lowest BCUT2D eigenvalue weighted by atomic mass is 9.83. The van der Waals surface area contributed by atoms with Crippen molar-refractivity contribution in [2.75, 3.05) is 32.8 Å². The molecule has 2 heterocycles. The molecule has 2 unspecified atom stereocenters. The third kappa shape index (κ3) is 9.22. The Morgan fingerprint density at radius 3 is 2.11 bits per heavy atom. The van der Waals surface area contributed by atoms with Crippen LogP contribution < -0.4 is 33.6 Å². The molecule has 0 aromatic carbocycles. The molecule has 20 heteroatoms. The lowest BCUT2D eigenvalue weighted by molar-refractivity contribution is -0.333. The van der Waals surface area contributed by atoms with Gasteiger partial charge in [0.2, 0.25) is 5.91 Å². The van der Waals surface area contributed by atoms with Gasteiger partial charge in [0, 0.05) is 25.2 Å². The molecule has 0 radical (unpaired) electrons. The number of carbonyl (C=O) groups is 1. The second kappa shape index (κ2) is 17.2. The average molecular weight is 659 g/mol. The van der Waals surface area contributed by atoms with E-state index in [4.69, 9.17) is 47.0 Å². The van der Waals surface area contributed by atoms with Gasteiger partial charge in [0.05, 0.1) is 25.3 Å². The Hall–Kier alpha value is -1.25. The van der Waals surface area contributed by atoms with Crippen LogP contribution in [0.2, 0.25) is 0 Å². The van der Waals surface area contributed by atoms with Crippen LogP contribution in [-0.4, -0.2) is 189 Å². The Morgan fingerprint density at radius 1 is 0.867 bits per heavy atom. The highest BCUT2D eigenvalue weighted by Gasteiger charge is 2.52. The summed E-state index contributed by atoms with van der Waals surface area (Å²) >= 11 is 0. The smallest absolute Gasteiger partial charge is 0.249 e. The van der Waals surface area contributed by atoms with Gasteiger partial charge >= 0.3 is 0 Å². The molecule has 2 saturated heterocycles. The van der Waals surface area contributed by atoms with Crippen molar-refractivity contribution in [2.24, 2.45) is 22.9 Å². The first-order chi connectivity index (χ1) is 21.2. The van der Waals surface area contributed by atoms with E-state index in [1.165, 1.54) is 0 Å². The number of aliphatic hydroxyl groups is 9. The first-order valence-corrected chi connectivity index (χ1v) is 14.8. The number of nitrogens with one attached hydrogen (secondary N) is 2. The second-order valence-electron chi connectivity index (χ2n) is 11.7. The quantitative estimate of drug-likeness (QED) is 0.0823. The third-order valence-electron chi connectivity index (χ3n) is 8.26. The molecular formula is C25H50N6O14. The first-order valence-electron chi connectivity index (χ1n) is 14.8. The minimum atomic E-state index is -1.80. The summed E-state index contributed by atoms with van der Waals surface area (Å²) in [7, 11) is 0. The van der Waals surface area contributed by atoms with Crippen LogP contribution >= 0.6 is 0 Å². The topological polar surface area (TPSA) is 364 Å². The monoisotopic (exact) mass is 658 g/mol. The maximum Gasteiger partial charge on any atom is 0.249 e. The lowest BCUT2D eigenvalue weighted by Crippen LogP contribution is -2.69. The molecule has 1 aliphatic carbocycles. The fraction of sp³-hybridized carbons (Fsp3) is 0.960. The molecule has 1 amide bonds. The minimum Gasteiger partial charge on any atom is -0.395 e. The summed E-state index contributed by atoms with van der Waals surface area (Å²) in [5.41, 5.74) is 23.3. The van der Waals surface area contributed by atoms with Gasteiger partial charge in [-0.25, -0.2) is 0 Å². The highest BCUT2D eigenvalue weighted by Crippen LogP contribution is 2.32. The van der Waals surface area contributed by atoms with E-state index in [9.17, 15) is 45.6 Å². The van der Waals surface area contributed by atoms with Crippen molar-refractivity contribution in [1.29, 1.82) is 0 Å². The fourth-order valence-corrected chi connectivity index (χ4v) is 5.52. The number of rotatable bonds is 14. The number of ether oxygens (including phenoxy) is 4. The predicted octanol–water partition coefficient (Wildman–Crippen LogP) is -9.47. The number of nitrogens with two attached hydrogens (primary N) is 4. The molecule has 17 atom stereocenters. The van der Waals surface area contributed by atoms with E-state index in [2.05, 4.69) is 10.6 Å². The standard InChI is InChI=1S/C25H50N6O14/c26-2-1-11(34)23(41)31-10-3-9(28)21(20(40)22(10)45-24-17(37)14(29)15(35)13(7-33)43-24)44-25-19(39)18(38)16(36)12(42-25)5-30-4-8(27)6-32/h8-22,24-25,30,32-40H,1-7,26-29H2,(H,31,41)/t8?,9-,10+,11-,12+,13+,14-,15+,16+,17+,18-,19+,20-,21?,22-,24+,25+/m0/s1. The number of hydrogen-bond donors (Lipinski definition) is 15. The molecular weight excluding hydrogens is 608 g/mol. The zero-order valence-corrected chi connectivity index (χ0v) is 24.6. The molecule has 3 fully saturated rings. The Kier molecular flexibility index (Phi) is 14.6. The van der Waals surface area contributed by atoms with Gasteiger partial charge in [0.25, 0.3) is 0 Å². The highest BCUT2D eigenvalue weighted by atomic mass is 16.7. The third-order valence-corrected chi connectivity index (χ3v) is 8.26. The van der Waals surface area contributed by atoms with Crippen LogP contribution in [0, 0.1) is 0 Å². The van der Waals surface area contributed by atoms with Crippen LogP contribution in [0.3, 0.4) is 0 Å². The minimum absolute atomic E-state index is 0.00286. The molecule has 19 N–H and O–H groups in total. The van der Waals surface area contributed by atoms with Gasteiger partial charge in [0.1, 0.15) is 67.1 Å². The number of carbonyl (C=O) groups excluding carboxylic acids is 1. The molecule has 0 aromatic rings. The molecule has 20 nitrogen and oxygen atoms in total. The van der Waals surface area contributed by atoms with Crippen molar-refractivity contribution in [3.05, 3.63) is 0 Å². The number of amides is 1. The van der Waals surface area contributed by atoms with Crippen molar-refractivity contribution < 1.29 is 69.7 Å². The Bertz CT molecular complexity index is 914. The van der Waals surface area contributed by atoms with Gasteiger partial charge in [-0.3, -0.25) is 4.79 Å². The van der Waals surface area contributed by atoms with E-state index in [1.54, 1.807) is 0 Å². The van der Waals surface area contributed by atoms with Crippen LogP contribution in [0.25, 0.3) is 0 Å². The van der Waals surface area contributed by atoms with Crippen molar-refractivity contribution in [1.82, 2.24) is 10.6 Å². The zero-order chi connectivity index (χ0) is 33.6. The lowest BCUT2D eigenvalue weighted by Gasteiger charge is -2.49. The maximum atomic E-state index is 12.7. The molecule has 0 spiro atoms. The number of aliphatic hydroxyl groups excluding tert-OH is 9. The molecule has 1 saturated carbocycles. The predicted molar refractivity (Wildman–Crippen MR) is 150 cm³/mol. The zero-order valence-electron chi connectivity index (χ0n) is 24.6. The van der Waals surface area contributed by atoms with Crippen molar-refractivity contribution in [3.8, 4) is 0 Å². The fourth-order valence-electron chi connectivity index (χ4n) is 5.52. The van der Waals surface area contributed by atoms with E-state index in [-0.39, 0.29) is 39.1 Å². The summed E-state index contributed by atoms with van der Waals surface area (Å²) < 4.78 is 22.9. The van der Waals surface area contributed by atoms with Crippen molar-refractivity contribution in [3.63, 3.8) is 0 Å². The normalized spacial score (nSPS) is 43.9. The Morgan fingerprint density at radius 2 is 1.49 bits per heavy atom. The molecule has 3 aliphatic rings. The summed E-state index contributed by atoms with van der Waals surface area (Å²) in [6.07, 6.45) is -20.3. The first kappa shape index (κ1) is 38.2. The SMILES string of the molecule is NCC[C@H](O)C(=O)N[C@@H]1C[C@H](N)C(O[C@H]2O[C@H](CNCC(N)CO)[C@@H](O)[C@H](O)[C@H]2O)[C@H](O)[C@H]1O[C@H]1O[C@H](CO)[C@@H](O)[C@H](N)[C@H]1O. The van der Waals surface area contributed by atoms with Crippen molar-refractivity contribution in [2.45, 2.75) is 117 Å². The molecule has 0 bridgehead atoms. The maximum absolute atomic E-state index is 12.7. The van der Waals surface area contributed by atoms with Crippen LogP contribution in [0.5, 0.6) is 0 Å². The van der Waals surface area contributed by atoms with Crippen molar-refractivity contribution >= 4 is 5.91 Å². The van der Waals surface area contributed by atoms with E-state index < -0.39 is 116 Å². The van der Waals surface area contributed by atoms with E-state index in [0.29, 0.717) is 0 Å². The van der Waals surface area contributed by atoms with Gasteiger partial charge in [-0.1, -0.05) is 0 Å². The van der Waals surface area contributed by atoms with Gasteiger partial charge in [0.15, 0.2) is 12.6 Å². The molecule has 0 aromatic heterocycles. The largest absolute Gasteiger partial charge is 0.395 e. The van der Waals surface area contributed by atoms with Gasteiger partial charge in [-0.05, 0) is 19.4 Å². The molecule has 2 aliphatic heterocycles. The van der Waals surface area contributed by atoms with Gasteiger partial charge in [-0.2, -0.15) is 0 Å². The molecule has 3 rings (SSSR count). The second-order valence-corrected chi connectivity index (χ2v) is 11.7. The van der Waals surface area contributed by atoms with E-state index in [1.807, 2.05) is 0 Å². The summed E-state index contributed by atoms with van der Waals surface area (Å²) in [4.78, 5) is 12.7. The number of hydrogen-bond acceptors (Lipinski definition) is 19. The van der Waals surface area contributed by atoms with Crippen LogP contribution in [0.1, 0.15) is 12.8 Å². The Labute approximate surface area is 259 Å². The summed E-state index contributed by atoms with van der Waals surface area (Å²) in [6, 6.07) is -4.14. The highest BCUT2D eigenvalue weighted by molar-refractivity contribution is 5.80. The van der Waals surface area contributed by atoms with Gasteiger partial charge in [-0.15, -0.1) is 0 Å². The van der Waals surface area contributed by atoms with Crippen LogP contribution in [0.4, 0.5) is 0 Å². The summed E-state index contributed by atoms with van der Waals surface area (Å²) in [6.45, 7) is -0.935.